The van der Waals surface area contributed by atoms with Gasteiger partial charge in [0.1, 0.15) is 4.90 Å². The molecule has 1 aliphatic heterocycles. The largest absolute Gasteiger partial charge is 0.368 e. The number of hydrogen-bond donors (Lipinski definition) is 1. The van der Waals surface area contributed by atoms with Crippen LogP contribution in [-0.4, -0.2) is 80.0 Å². The summed E-state index contributed by atoms with van der Waals surface area (Å²) in [7, 11) is -2.02. The lowest BCUT2D eigenvalue weighted by molar-refractivity contribution is -0.385. The maximum Gasteiger partial charge on any atom is 0.270 e. The summed E-state index contributed by atoms with van der Waals surface area (Å²) in [5.74, 6) is 0. The van der Waals surface area contributed by atoms with E-state index in [2.05, 4.69) is 20.3 Å². The zero-order chi connectivity index (χ0) is 26.5. The Balaban J connectivity index is 1.98. The number of nitrogens with one attached hydrogen (secondary N) is 1. The normalized spacial score (nSPS) is 14.9. The van der Waals surface area contributed by atoms with Gasteiger partial charge in [0.15, 0.2) is 0 Å². The summed E-state index contributed by atoms with van der Waals surface area (Å²) >= 11 is 0. The molecule has 1 aliphatic rings. The maximum absolute atomic E-state index is 13.2. The van der Waals surface area contributed by atoms with Gasteiger partial charge in [-0.1, -0.05) is 13.8 Å². The molecule has 0 amide bonds. The molecule has 0 radical (unpaired) electrons. The van der Waals surface area contributed by atoms with E-state index in [-0.39, 0.29) is 35.0 Å². The Labute approximate surface area is 209 Å². The average Bonchev–Trinajstić information content (AvgIpc) is 2.85. The quantitative estimate of drug-likeness (QED) is 0.283. The van der Waals surface area contributed by atoms with Crippen molar-refractivity contribution in [1.82, 2.24) is 9.21 Å². The third-order valence-electron chi connectivity index (χ3n) is 5.95. The van der Waals surface area contributed by atoms with E-state index in [0.29, 0.717) is 5.56 Å². The third kappa shape index (κ3) is 5.95. The maximum atomic E-state index is 13.2. The number of nitro benzene ring substituents is 2. The van der Waals surface area contributed by atoms with Crippen LogP contribution in [0.3, 0.4) is 0 Å². The molecule has 2 aromatic rings. The first-order valence-corrected chi connectivity index (χ1v) is 12.8. The van der Waals surface area contributed by atoms with Gasteiger partial charge in [-0.2, -0.15) is 9.41 Å². The van der Waals surface area contributed by atoms with Crippen molar-refractivity contribution in [1.29, 1.82) is 0 Å². The number of non-ortho nitro benzene ring substituents is 2. The van der Waals surface area contributed by atoms with E-state index < -0.39 is 19.9 Å². The van der Waals surface area contributed by atoms with Crippen LogP contribution in [-0.2, 0) is 10.0 Å². The van der Waals surface area contributed by atoms with Gasteiger partial charge in [-0.05, 0) is 19.2 Å². The van der Waals surface area contributed by atoms with Crippen molar-refractivity contribution in [3.05, 3.63) is 62.2 Å². The van der Waals surface area contributed by atoms with Crippen LogP contribution in [0.4, 0.5) is 22.7 Å². The molecule has 1 fully saturated rings. The average molecular weight is 520 g/mol. The first kappa shape index (κ1) is 27.0. The minimum atomic E-state index is -4.04. The fraction of sp³-hybridized carbons (Fsp3) is 0.409. The van der Waals surface area contributed by atoms with E-state index in [1.165, 1.54) is 34.8 Å². The molecule has 0 spiro atoms. The minimum Gasteiger partial charge on any atom is -0.368 e. The molecule has 0 saturated carbocycles. The van der Waals surface area contributed by atoms with Crippen molar-refractivity contribution in [3.8, 4) is 0 Å². The number of benzene rings is 2. The SMILES string of the molecule is CCN(CC)S(=O)(=O)c1cc([N+](=O)[O-])ccc1N/N=C\c1cc([N+](=O)[O-])ccc1N1CCN(C)CC1. The predicted molar refractivity (Wildman–Crippen MR) is 137 cm³/mol. The lowest BCUT2D eigenvalue weighted by Gasteiger charge is -2.34. The Kier molecular flexibility index (Phi) is 8.55. The summed E-state index contributed by atoms with van der Waals surface area (Å²) in [6.45, 7) is 6.85. The molecule has 1 N–H and O–H groups in total. The summed E-state index contributed by atoms with van der Waals surface area (Å²) in [4.78, 5) is 25.5. The van der Waals surface area contributed by atoms with Crippen LogP contribution in [0, 0.1) is 20.2 Å². The van der Waals surface area contributed by atoms with Crippen molar-refractivity contribution < 1.29 is 18.3 Å². The highest BCUT2D eigenvalue weighted by atomic mass is 32.2. The van der Waals surface area contributed by atoms with E-state index in [4.69, 9.17) is 0 Å². The first-order chi connectivity index (χ1) is 17.1. The molecule has 1 heterocycles. The van der Waals surface area contributed by atoms with Gasteiger partial charge in [0.05, 0.1) is 21.7 Å². The summed E-state index contributed by atoms with van der Waals surface area (Å²) in [5, 5.41) is 26.8. The highest BCUT2D eigenvalue weighted by Gasteiger charge is 2.27. The third-order valence-corrected chi connectivity index (χ3v) is 8.04. The first-order valence-electron chi connectivity index (χ1n) is 11.4. The van der Waals surface area contributed by atoms with Gasteiger partial charge in [0.2, 0.25) is 10.0 Å². The summed E-state index contributed by atoms with van der Waals surface area (Å²) in [6.07, 6.45) is 1.38. The van der Waals surface area contributed by atoms with Crippen LogP contribution in [0.15, 0.2) is 46.4 Å². The van der Waals surface area contributed by atoms with E-state index in [9.17, 15) is 28.6 Å². The molecule has 13 nitrogen and oxygen atoms in total. The monoisotopic (exact) mass is 519 g/mol. The van der Waals surface area contributed by atoms with Crippen LogP contribution < -0.4 is 10.3 Å². The summed E-state index contributed by atoms with van der Waals surface area (Å²) in [5.41, 5.74) is 3.49. The lowest BCUT2D eigenvalue weighted by atomic mass is 10.1. The van der Waals surface area contributed by atoms with Crippen molar-refractivity contribution in [3.63, 3.8) is 0 Å². The Morgan fingerprint density at radius 2 is 1.58 bits per heavy atom. The molecule has 1 saturated heterocycles. The van der Waals surface area contributed by atoms with Gasteiger partial charge in [0, 0.05) is 74.8 Å². The Bertz CT molecular complexity index is 1260. The number of likely N-dealkylation sites (N-methyl/N-ethyl adjacent to an activating group) is 1. The fourth-order valence-electron chi connectivity index (χ4n) is 3.90. The van der Waals surface area contributed by atoms with Crippen LogP contribution in [0.1, 0.15) is 19.4 Å². The van der Waals surface area contributed by atoms with Crippen LogP contribution in [0.25, 0.3) is 0 Å². The van der Waals surface area contributed by atoms with Crippen LogP contribution in [0.2, 0.25) is 0 Å². The predicted octanol–water partition coefficient (Wildman–Crippen LogP) is 2.73. The molecule has 194 valence electrons. The Hall–Kier alpha value is -3.62. The van der Waals surface area contributed by atoms with Gasteiger partial charge in [-0.25, -0.2) is 8.42 Å². The highest BCUT2D eigenvalue weighted by Crippen LogP contribution is 2.30. The zero-order valence-corrected chi connectivity index (χ0v) is 21.1. The molecule has 0 atom stereocenters. The Morgan fingerprint density at radius 3 is 2.17 bits per heavy atom. The van der Waals surface area contributed by atoms with Crippen LogP contribution in [0.5, 0.6) is 0 Å². The molecular weight excluding hydrogens is 490 g/mol. The number of nitrogens with zero attached hydrogens (tertiary/aromatic N) is 6. The topological polar surface area (TPSA) is 155 Å². The molecule has 0 unspecified atom stereocenters. The number of hydrazone groups is 1. The lowest BCUT2D eigenvalue weighted by Crippen LogP contribution is -2.44. The second-order valence-corrected chi connectivity index (χ2v) is 10.1. The number of nitro groups is 2. The van der Waals surface area contributed by atoms with Crippen molar-refractivity contribution in [2.75, 3.05) is 56.6 Å². The summed E-state index contributed by atoms with van der Waals surface area (Å²) in [6, 6.07) is 7.97. The minimum absolute atomic E-state index is 0.0512. The van der Waals surface area contributed by atoms with Crippen molar-refractivity contribution in [2.24, 2.45) is 5.10 Å². The molecule has 14 heteroatoms. The van der Waals surface area contributed by atoms with Gasteiger partial charge in [-0.3, -0.25) is 25.7 Å². The fourth-order valence-corrected chi connectivity index (χ4v) is 5.52. The van der Waals surface area contributed by atoms with E-state index in [0.717, 1.165) is 37.9 Å². The molecule has 0 aromatic heterocycles. The molecule has 3 rings (SSSR count). The van der Waals surface area contributed by atoms with Gasteiger partial charge < -0.3 is 9.80 Å². The molecule has 2 aromatic carbocycles. The number of rotatable bonds is 10. The van der Waals surface area contributed by atoms with Gasteiger partial charge in [0.25, 0.3) is 11.4 Å². The number of sulfonamides is 1. The van der Waals surface area contributed by atoms with E-state index >= 15 is 0 Å². The van der Waals surface area contributed by atoms with Gasteiger partial charge in [-0.15, -0.1) is 0 Å². The number of piperazine rings is 1. The molecule has 0 aliphatic carbocycles. The van der Waals surface area contributed by atoms with Gasteiger partial charge >= 0.3 is 0 Å². The summed E-state index contributed by atoms with van der Waals surface area (Å²) < 4.78 is 27.5. The second-order valence-electron chi connectivity index (χ2n) is 8.19. The van der Waals surface area contributed by atoms with Crippen molar-refractivity contribution in [2.45, 2.75) is 18.7 Å². The number of anilines is 2. The van der Waals surface area contributed by atoms with Crippen LogP contribution >= 0.6 is 0 Å². The molecular formula is C22H29N7O6S. The number of hydrogen-bond acceptors (Lipinski definition) is 10. The zero-order valence-electron chi connectivity index (χ0n) is 20.3. The Morgan fingerprint density at radius 1 is 1.00 bits per heavy atom. The van der Waals surface area contributed by atoms with E-state index in [1.807, 2.05) is 7.05 Å². The van der Waals surface area contributed by atoms with E-state index in [1.54, 1.807) is 19.9 Å². The molecule has 0 bridgehead atoms. The second kappa shape index (κ2) is 11.4. The smallest absolute Gasteiger partial charge is 0.270 e. The standard InChI is InChI=1S/C22H29N7O6S/c1-4-27(5-2)36(34,35)22-15-19(29(32)33)6-8-20(22)24-23-16-17-14-18(28(30)31)7-9-21(17)26-12-10-25(3)11-13-26/h6-9,14-16,24H,4-5,10-13H2,1-3H3/b23-16-. The highest BCUT2D eigenvalue weighted by molar-refractivity contribution is 7.89. The molecule has 36 heavy (non-hydrogen) atoms. The van der Waals surface area contributed by atoms with Crippen molar-refractivity contribution >= 4 is 39.0 Å².